The van der Waals surface area contributed by atoms with Crippen LogP contribution < -0.4 is 14.4 Å². The highest BCUT2D eigenvalue weighted by Crippen LogP contribution is 2.34. The van der Waals surface area contributed by atoms with Crippen LogP contribution in [0.25, 0.3) is 0 Å². The van der Waals surface area contributed by atoms with Crippen molar-refractivity contribution in [1.82, 2.24) is 10.2 Å². The predicted octanol–water partition coefficient (Wildman–Crippen LogP) is 6.07. The highest BCUT2D eigenvalue weighted by molar-refractivity contribution is 7.92. The first-order valence-corrected chi connectivity index (χ1v) is 16.9. The summed E-state index contributed by atoms with van der Waals surface area (Å²) in [7, 11) is -2.73. The third-order valence-electron chi connectivity index (χ3n) is 8.26. The minimum atomic E-state index is -4.20. The maximum Gasteiger partial charge on any atom is 0.264 e. The van der Waals surface area contributed by atoms with Crippen LogP contribution in [0.5, 0.6) is 5.75 Å². The van der Waals surface area contributed by atoms with Crippen LogP contribution in [0.1, 0.15) is 67.7 Å². The lowest BCUT2D eigenvalue weighted by molar-refractivity contribution is -0.140. The second-order valence-corrected chi connectivity index (χ2v) is 13.6. The zero-order valence-electron chi connectivity index (χ0n) is 26.5. The predicted molar refractivity (Wildman–Crippen MR) is 174 cm³/mol. The molecule has 0 unspecified atom stereocenters. The summed E-state index contributed by atoms with van der Waals surface area (Å²) in [6.45, 7) is 7.26. The molecule has 0 spiro atoms. The number of amides is 2. The number of hydrogen-bond donors (Lipinski definition) is 1. The summed E-state index contributed by atoms with van der Waals surface area (Å²) in [4.78, 5) is 29.8. The molecule has 44 heavy (non-hydrogen) atoms. The van der Waals surface area contributed by atoms with Gasteiger partial charge in [0.2, 0.25) is 11.8 Å². The fourth-order valence-corrected chi connectivity index (χ4v) is 7.23. The van der Waals surface area contributed by atoms with Gasteiger partial charge < -0.3 is 15.0 Å². The number of nitrogens with zero attached hydrogens (tertiary/aromatic N) is 2. The van der Waals surface area contributed by atoms with Gasteiger partial charge in [0, 0.05) is 12.6 Å². The van der Waals surface area contributed by atoms with E-state index in [1.165, 1.54) is 12.0 Å². The molecule has 3 aromatic carbocycles. The second kappa shape index (κ2) is 14.8. The molecule has 1 aliphatic carbocycles. The van der Waals surface area contributed by atoms with E-state index in [-0.39, 0.29) is 29.1 Å². The Morgan fingerprint density at radius 2 is 1.57 bits per heavy atom. The molecule has 9 heteroatoms. The quantitative estimate of drug-likeness (QED) is 0.266. The van der Waals surface area contributed by atoms with E-state index in [9.17, 15) is 18.0 Å². The first kappa shape index (κ1) is 33.1. The van der Waals surface area contributed by atoms with Gasteiger partial charge >= 0.3 is 0 Å². The van der Waals surface area contributed by atoms with Crippen molar-refractivity contribution in [3.05, 3.63) is 89.0 Å². The van der Waals surface area contributed by atoms with Gasteiger partial charge in [0.25, 0.3) is 10.0 Å². The lowest BCUT2D eigenvalue weighted by Crippen LogP contribution is -2.54. The molecule has 2 amide bonds. The molecule has 1 atom stereocenters. The van der Waals surface area contributed by atoms with Crippen LogP contribution in [0.2, 0.25) is 0 Å². The summed E-state index contributed by atoms with van der Waals surface area (Å²) in [5, 5.41) is 3.19. The second-order valence-electron chi connectivity index (χ2n) is 11.8. The van der Waals surface area contributed by atoms with Crippen LogP contribution in [-0.4, -0.2) is 50.9 Å². The lowest BCUT2D eigenvalue weighted by Gasteiger charge is -2.34. The van der Waals surface area contributed by atoms with E-state index < -0.39 is 28.5 Å². The molecule has 1 N–H and O–H groups in total. The molecule has 0 heterocycles. The number of aryl methyl sites for hydroxylation is 3. The third kappa shape index (κ3) is 8.00. The Balaban J connectivity index is 1.76. The highest BCUT2D eigenvalue weighted by atomic mass is 32.2. The largest absolute Gasteiger partial charge is 0.495 e. The third-order valence-corrected chi connectivity index (χ3v) is 10.0. The van der Waals surface area contributed by atoms with Crippen LogP contribution in [-0.2, 0) is 26.2 Å². The maximum absolute atomic E-state index is 14.4. The van der Waals surface area contributed by atoms with Crippen molar-refractivity contribution < 1.29 is 22.7 Å². The van der Waals surface area contributed by atoms with Gasteiger partial charge in [-0.1, -0.05) is 79.8 Å². The van der Waals surface area contributed by atoms with E-state index in [2.05, 4.69) is 5.32 Å². The van der Waals surface area contributed by atoms with E-state index >= 15 is 0 Å². The van der Waals surface area contributed by atoms with Crippen LogP contribution >= 0.6 is 0 Å². The Hall–Kier alpha value is -3.85. The first-order chi connectivity index (χ1) is 21.0. The van der Waals surface area contributed by atoms with E-state index in [4.69, 9.17) is 4.74 Å². The number of anilines is 1. The summed E-state index contributed by atoms with van der Waals surface area (Å²) in [5.41, 5.74) is 3.88. The fraction of sp³-hybridized carbons (Fsp3) is 0.429. The monoisotopic (exact) mass is 619 g/mol. The first-order valence-electron chi connectivity index (χ1n) is 15.4. The lowest BCUT2D eigenvalue weighted by atomic mass is 9.95. The molecular formula is C35H45N3O5S. The number of ether oxygens (including phenoxy) is 1. The van der Waals surface area contributed by atoms with Crippen molar-refractivity contribution in [2.24, 2.45) is 0 Å². The maximum atomic E-state index is 14.4. The average molecular weight is 620 g/mol. The molecule has 0 aromatic heterocycles. The molecule has 0 bridgehead atoms. The molecule has 8 nitrogen and oxygen atoms in total. The fourth-order valence-electron chi connectivity index (χ4n) is 5.82. The van der Waals surface area contributed by atoms with Crippen molar-refractivity contribution in [3.8, 4) is 5.75 Å². The van der Waals surface area contributed by atoms with Crippen molar-refractivity contribution in [2.75, 3.05) is 18.0 Å². The molecular weight excluding hydrogens is 574 g/mol. The van der Waals surface area contributed by atoms with Crippen LogP contribution in [0, 0.1) is 20.8 Å². The Morgan fingerprint density at radius 1 is 0.909 bits per heavy atom. The minimum Gasteiger partial charge on any atom is -0.495 e. The molecule has 0 saturated heterocycles. The van der Waals surface area contributed by atoms with Crippen molar-refractivity contribution in [1.29, 1.82) is 0 Å². The topological polar surface area (TPSA) is 96.0 Å². The van der Waals surface area contributed by atoms with Crippen LogP contribution in [0.4, 0.5) is 5.69 Å². The van der Waals surface area contributed by atoms with Gasteiger partial charge in [-0.05, 0) is 75.4 Å². The van der Waals surface area contributed by atoms with Gasteiger partial charge in [0.15, 0.2) is 0 Å². The van der Waals surface area contributed by atoms with Gasteiger partial charge in [0.1, 0.15) is 18.3 Å². The number of methoxy groups -OCH3 is 1. The molecule has 1 fully saturated rings. The van der Waals surface area contributed by atoms with E-state index in [0.717, 1.165) is 58.7 Å². The zero-order valence-corrected chi connectivity index (χ0v) is 27.3. The smallest absolute Gasteiger partial charge is 0.264 e. The van der Waals surface area contributed by atoms with E-state index in [1.54, 1.807) is 36.4 Å². The van der Waals surface area contributed by atoms with Gasteiger partial charge in [-0.3, -0.25) is 13.9 Å². The number of carbonyl (C=O) groups excluding carboxylic acids is 2. The summed E-state index contributed by atoms with van der Waals surface area (Å²) in [6, 6.07) is 18.9. The average Bonchev–Trinajstić information content (AvgIpc) is 3.00. The standard InChI is InChI=1S/C35H45N3O5S/c1-6-31(35(40)36-29-13-8-7-9-14-29)37(23-28-12-10-11-26(3)21-28)34(39)24-38(32-22-27(4)17-20-33(32)43-5)44(41,42)30-18-15-25(2)16-19-30/h10-12,15-22,29,31H,6-9,13-14,23-24H2,1-5H3,(H,36,40)/t31-/m1/s1. The van der Waals surface area contributed by atoms with Crippen molar-refractivity contribution in [2.45, 2.75) is 89.7 Å². The van der Waals surface area contributed by atoms with E-state index in [1.807, 2.05) is 58.0 Å². The number of rotatable bonds is 12. The number of carbonyl (C=O) groups is 2. The molecule has 1 aliphatic rings. The molecule has 1 saturated carbocycles. The van der Waals surface area contributed by atoms with Crippen molar-refractivity contribution in [3.63, 3.8) is 0 Å². The van der Waals surface area contributed by atoms with Crippen LogP contribution in [0.3, 0.4) is 0 Å². The number of nitrogens with one attached hydrogen (secondary N) is 1. The molecule has 4 rings (SSSR count). The van der Waals surface area contributed by atoms with Gasteiger partial charge in [-0.25, -0.2) is 8.42 Å². The normalized spacial score (nSPS) is 14.5. The Morgan fingerprint density at radius 3 is 2.20 bits per heavy atom. The van der Waals surface area contributed by atoms with Gasteiger partial charge in [-0.15, -0.1) is 0 Å². The van der Waals surface area contributed by atoms with E-state index in [0.29, 0.717) is 12.2 Å². The SMILES string of the molecule is CC[C@H](C(=O)NC1CCCCC1)N(Cc1cccc(C)c1)C(=O)CN(c1cc(C)ccc1OC)S(=O)(=O)c1ccc(C)cc1. The summed E-state index contributed by atoms with van der Waals surface area (Å²) in [6.07, 6.45) is 5.52. The molecule has 3 aromatic rings. The number of sulfonamides is 1. The Labute approximate surface area is 262 Å². The van der Waals surface area contributed by atoms with Crippen molar-refractivity contribution >= 4 is 27.5 Å². The van der Waals surface area contributed by atoms with Gasteiger partial charge in [-0.2, -0.15) is 0 Å². The summed E-state index contributed by atoms with van der Waals surface area (Å²) >= 11 is 0. The van der Waals surface area contributed by atoms with Crippen LogP contribution in [0.15, 0.2) is 71.6 Å². The highest BCUT2D eigenvalue weighted by Gasteiger charge is 2.35. The minimum absolute atomic E-state index is 0.0618. The summed E-state index contributed by atoms with van der Waals surface area (Å²) in [5.74, 6) is -0.357. The molecule has 0 aliphatic heterocycles. The van der Waals surface area contributed by atoms with Gasteiger partial charge in [0.05, 0.1) is 17.7 Å². The Bertz CT molecular complexity index is 1550. The molecule has 236 valence electrons. The number of hydrogen-bond acceptors (Lipinski definition) is 5. The summed E-state index contributed by atoms with van der Waals surface area (Å²) < 4.78 is 35.2. The zero-order chi connectivity index (χ0) is 31.9. The number of benzene rings is 3. The molecule has 0 radical (unpaired) electrons. The Kier molecular flexibility index (Phi) is 11.1.